The summed E-state index contributed by atoms with van der Waals surface area (Å²) in [5.41, 5.74) is 8.67. The Morgan fingerprint density at radius 1 is 0.904 bits per heavy atom. The maximum absolute atomic E-state index is 13.6. The second-order valence-corrected chi connectivity index (χ2v) is 15.8. The molecule has 0 unspecified atom stereocenters. The molecular weight excluding hydrogens is 707 g/mol. The maximum atomic E-state index is 13.6. The van der Waals surface area contributed by atoms with Crippen LogP contribution >= 0.6 is 35.3 Å². The van der Waals surface area contributed by atoms with E-state index in [0.717, 1.165) is 59.2 Å². The van der Waals surface area contributed by atoms with Gasteiger partial charge >= 0.3 is 5.97 Å². The molecule has 3 heterocycles. The van der Waals surface area contributed by atoms with Gasteiger partial charge in [0.15, 0.2) is 0 Å². The molecule has 1 aliphatic carbocycles. The number of hydrogen-bond donors (Lipinski definition) is 1. The predicted molar refractivity (Wildman–Crippen MR) is 215 cm³/mol. The van der Waals surface area contributed by atoms with E-state index < -0.39 is 18.1 Å². The number of benzene rings is 4. The van der Waals surface area contributed by atoms with Gasteiger partial charge in [0.25, 0.3) is 11.5 Å². The molecule has 260 valence electrons. The van der Waals surface area contributed by atoms with Crippen molar-refractivity contribution >= 4 is 85.5 Å². The van der Waals surface area contributed by atoms with Crippen LogP contribution in [-0.4, -0.2) is 43.4 Å². The average molecular weight is 742 g/mol. The van der Waals surface area contributed by atoms with Gasteiger partial charge in [0.05, 0.1) is 4.53 Å². The third kappa shape index (κ3) is 6.25. The zero-order chi connectivity index (χ0) is 35.9. The topological polar surface area (TPSA) is 82.9 Å². The smallest absolute Gasteiger partial charge is 0.323 e. The highest BCUT2D eigenvalue weighted by Gasteiger charge is 2.42. The summed E-state index contributed by atoms with van der Waals surface area (Å²) in [7, 11) is 0. The molecule has 4 aromatic carbocycles. The molecule has 8 rings (SSSR count). The zero-order valence-electron chi connectivity index (χ0n) is 28.4. The fourth-order valence-electron chi connectivity index (χ4n) is 7.69. The fraction of sp³-hybridized carbons (Fsp3) is 0.190. The lowest BCUT2D eigenvalue weighted by atomic mass is 9.95. The second kappa shape index (κ2) is 14.2. The molecule has 2 aliphatic heterocycles. The summed E-state index contributed by atoms with van der Waals surface area (Å²) in [5, 5.41) is 9.62. The van der Waals surface area contributed by atoms with Gasteiger partial charge in [-0.2, -0.15) is 0 Å². The quantitative estimate of drug-likeness (QED) is 0.133. The minimum Gasteiger partial charge on any atom is -0.480 e. The van der Waals surface area contributed by atoms with Crippen molar-refractivity contribution in [3.05, 3.63) is 150 Å². The van der Waals surface area contributed by atoms with Gasteiger partial charge in [-0.25, -0.2) is 0 Å². The molecule has 0 radical (unpaired) electrons. The second-order valence-electron chi connectivity index (χ2n) is 13.1. The number of aliphatic carboxylic acids is 1. The van der Waals surface area contributed by atoms with Gasteiger partial charge in [-0.3, -0.25) is 23.9 Å². The van der Waals surface area contributed by atoms with Gasteiger partial charge in [-0.15, -0.1) is 11.3 Å². The molecule has 3 aliphatic rings. The number of thiocarbonyl (C=S) groups is 1. The van der Waals surface area contributed by atoms with Crippen LogP contribution in [0.5, 0.6) is 0 Å². The largest absolute Gasteiger partial charge is 0.480 e. The van der Waals surface area contributed by atoms with Crippen LogP contribution in [0.25, 0.3) is 22.6 Å². The number of thiazole rings is 1. The van der Waals surface area contributed by atoms with Crippen LogP contribution < -0.4 is 19.7 Å². The first-order valence-electron chi connectivity index (χ1n) is 17.4. The molecule has 5 aromatic rings. The number of carbonyl (C=O) groups is 2. The highest BCUT2D eigenvalue weighted by Crippen LogP contribution is 2.52. The third-order valence-corrected chi connectivity index (χ3v) is 12.7. The molecule has 52 heavy (non-hydrogen) atoms. The highest BCUT2D eigenvalue weighted by molar-refractivity contribution is 8.30. The first-order chi connectivity index (χ1) is 25.3. The summed E-state index contributed by atoms with van der Waals surface area (Å²) in [5.74, 6) is -1.08. The van der Waals surface area contributed by atoms with E-state index in [2.05, 4.69) is 95.9 Å². The molecule has 1 amide bonds. The first kappa shape index (κ1) is 34.1. The number of rotatable bonds is 8. The molecule has 7 nitrogen and oxygen atoms in total. The summed E-state index contributed by atoms with van der Waals surface area (Å²) in [4.78, 5) is 42.8. The van der Waals surface area contributed by atoms with Crippen LogP contribution in [0.4, 0.5) is 11.4 Å². The lowest BCUT2D eigenvalue weighted by Crippen LogP contribution is -2.35. The Labute approximate surface area is 314 Å². The molecule has 1 saturated heterocycles. The van der Waals surface area contributed by atoms with E-state index in [1.807, 2.05) is 31.2 Å². The van der Waals surface area contributed by atoms with Crippen LogP contribution in [0.2, 0.25) is 0 Å². The minimum atomic E-state index is -1.15. The molecule has 0 bridgehead atoms. The van der Waals surface area contributed by atoms with E-state index in [1.165, 1.54) is 37.4 Å². The van der Waals surface area contributed by atoms with Crippen LogP contribution in [0.3, 0.4) is 0 Å². The van der Waals surface area contributed by atoms with Crippen LogP contribution in [0.1, 0.15) is 59.9 Å². The van der Waals surface area contributed by atoms with Crippen molar-refractivity contribution in [1.29, 1.82) is 0 Å². The zero-order valence-corrected chi connectivity index (χ0v) is 30.8. The lowest BCUT2D eigenvalue weighted by Gasteiger charge is -2.27. The van der Waals surface area contributed by atoms with Crippen LogP contribution in [-0.2, 0) is 16.1 Å². The number of thioether (sulfide) groups is 1. The van der Waals surface area contributed by atoms with E-state index in [4.69, 9.17) is 12.2 Å². The van der Waals surface area contributed by atoms with Crippen molar-refractivity contribution in [3.63, 3.8) is 0 Å². The number of carboxylic acid groups (broad SMARTS) is 1. The van der Waals surface area contributed by atoms with Gasteiger partial charge < -0.3 is 10.0 Å². The normalized spacial score (nSPS) is 19.3. The summed E-state index contributed by atoms with van der Waals surface area (Å²) in [6.45, 7) is 1.70. The van der Waals surface area contributed by atoms with Crippen molar-refractivity contribution in [2.24, 2.45) is 0 Å². The van der Waals surface area contributed by atoms with Crippen molar-refractivity contribution < 1.29 is 14.7 Å². The standard InChI is InChI=1S/C42H35N3O4S3/c1-2-43-40(49)38(52-42(43)50)41-44(25-37(46)47)39(48)36(51-41)24-27-18-21-35-33(23-27)31-14-9-15-34(31)45(35)30-19-16-26(17-20-30)22-32(28-10-5-3-6-11-28)29-12-7-4-8-13-29/h3-8,10-13,16-24,31,34H,2,9,14-15,25H2,1H3,(H,46,47)/b36-24-,41-38+/t31-,34+/m0/s1. The van der Waals surface area contributed by atoms with Crippen molar-refractivity contribution in [2.75, 3.05) is 11.4 Å². The molecule has 2 fully saturated rings. The van der Waals surface area contributed by atoms with E-state index in [9.17, 15) is 19.5 Å². The molecule has 1 saturated carbocycles. The summed E-state index contributed by atoms with van der Waals surface area (Å²) >= 11 is 7.65. The predicted octanol–water partition coefficient (Wildman–Crippen LogP) is 7.19. The number of hydrogen-bond acceptors (Lipinski definition) is 7. The van der Waals surface area contributed by atoms with Crippen molar-refractivity contribution in [1.82, 2.24) is 9.47 Å². The van der Waals surface area contributed by atoms with Crippen LogP contribution in [0, 0.1) is 0 Å². The van der Waals surface area contributed by atoms with Crippen molar-refractivity contribution in [2.45, 2.75) is 44.7 Å². The van der Waals surface area contributed by atoms with E-state index >= 15 is 0 Å². The Bertz CT molecular complexity index is 2390. The number of carboxylic acids is 1. The SMILES string of the molecule is CCN1C(=O)/C(=c2\s/c(=C\c3ccc4c(c3)[C@@H]3CCC[C@H]3N4c3ccc(C=C(c4ccccc4)c4ccccc4)cc3)c(=O)n2CC(=O)O)SC1=S. The fourth-order valence-corrected chi connectivity index (χ4v) is 10.3. The van der Waals surface area contributed by atoms with E-state index in [-0.39, 0.29) is 5.91 Å². The number of amides is 1. The summed E-state index contributed by atoms with van der Waals surface area (Å²) in [6, 6.07) is 36.5. The number of fused-ring (bicyclic) bond motifs is 3. The number of aromatic nitrogens is 1. The Morgan fingerprint density at radius 2 is 1.58 bits per heavy atom. The number of carbonyl (C=O) groups excluding carboxylic acids is 1. The van der Waals surface area contributed by atoms with Crippen molar-refractivity contribution in [3.8, 4) is 0 Å². The van der Waals surface area contributed by atoms with Gasteiger partial charge in [0.1, 0.15) is 20.4 Å². The average Bonchev–Trinajstić information content (AvgIpc) is 3.90. The van der Waals surface area contributed by atoms with E-state index in [0.29, 0.717) is 36.9 Å². The Balaban J connectivity index is 1.15. The first-order valence-corrected chi connectivity index (χ1v) is 19.4. The lowest BCUT2D eigenvalue weighted by molar-refractivity contribution is -0.137. The highest BCUT2D eigenvalue weighted by atomic mass is 32.2. The number of anilines is 2. The Morgan fingerprint density at radius 3 is 2.21 bits per heavy atom. The van der Waals surface area contributed by atoms with Gasteiger partial charge in [-0.05, 0) is 89.6 Å². The monoisotopic (exact) mass is 741 g/mol. The molecule has 10 heteroatoms. The third-order valence-electron chi connectivity index (χ3n) is 10.0. The van der Waals surface area contributed by atoms with Crippen LogP contribution in [0.15, 0.2) is 108 Å². The molecule has 1 N–H and O–H groups in total. The maximum Gasteiger partial charge on any atom is 0.323 e. The Kier molecular flexibility index (Phi) is 9.29. The minimum absolute atomic E-state index is 0.297. The molecular formula is C42H35N3O4S3. The van der Waals surface area contributed by atoms with E-state index in [1.54, 1.807) is 0 Å². The molecule has 0 spiro atoms. The Hall–Kier alpha value is -5.03. The summed E-state index contributed by atoms with van der Waals surface area (Å²) < 4.78 is 2.29. The van der Waals surface area contributed by atoms with Gasteiger partial charge in [0.2, 0.25) is 0 Å². The molecule has 1 aromatic heterocycles. The molecule has 2 atom stereocenters. The number of nitrogens with zero attached hydrogens (tertiary/aromatic N) is 3. The van der Waals surface area contributed by atoms with Gasteiger partial charge in [0, 0.05) is 29.9 Å². The van der Waals surface area contributed by atoms with Gasteiger partial charge in [-0.1, -0.05) is 109 Å². The summed E-state index contributed by atoms with van der Waals surface area (Å²) in [6.07, 6.45) is 7.41.